The summed E-state index contributed by atoms with van der Waals surface area (Å²) < 4.78 is 17.8. The van der Waals surface area contributed by atoms with Gasteiger partial charge in [-0.25, -0.2) is 4.79 Å². The number of amides is 1. The molecule has 170 valence electrons. The third-order valence-corrected chi connectivity index (χ3v) is 6.16. The van der Waals surface area contributed by atoms with Crippen molar-refractivity contribution >= 4 is 19.3 Å². The number of hydrogen-bond acceptors (Lipinski definition) is 4. The Hall–Kier alpha value is -2.57. The lowest BCUT2D eigenvalue weighted by Gasteiger charge is -2.32. The van der Waals surface area contributed by atoms with Gasteiger partial charge in [0.05, 0.1) is 11.2 Å². The molecular formula is C26H34BNO4. The molecule has 0 radical (unpaired) electrons. The van der Waals surface area contributed by atoms with Crippen molar-refractivity contribution < 1.29 is 18.8 Å². The van der Waals surface area contributed by atoms with Gasteiger partial charge in [0.2, 0.25) is 0 Å². The molecule has 0 spiro atoms. The molecule has 6 heteroatoms. The highest BCUT2D eigenvalue weighted by Gasteiger charge is 2.52. The molecule has 1 amide bonds. The zero-order valence-corrected chi connectivity index (χ0v) is 20.0. The average molecular weight is 435 g/mol. The molecule has 1 N–H and O–H groups in total. The van der Waals surface area contributed by atoms with Gasteiger partial charge in [-0.15, -0.1) is 0 Å². The summed E-state index contributed by atoms with van der Waals surface area (Å²) in [6.45, 7) is 12.9. The van der Waals surface area contributed by atoms with Crippen molar-refractivity contribution in [3.8, 4) is 0 Å². The minimum absolute atomic E-state index is 0.221. The van der Waals surface area contributed by atoms with Crippen molar-refractivity contribution in [2.45, 2.75) is 65.3 Å². The zero-order chi connectivity index (χ0) is 23.4. The highest BCUT2D eigenvalue weighted by atomic mass is 16.7. The maximum atomic E-state index is 12.3. The van der Waals surface area contributed by atoms with Gasteiger partial charge in [0.1, 0.15) is 6.61 Å². The molecule has 32 heavy (non-hydrogen) atoms. The second kappa shape index (κ2) is 9.93. The third-order valence-electron chi connectivity index (χ3n) is 6.16. The molecule has 2 aromatic carbocycles. The van der Waals surface area contributed by atoms with Gasteiger partial charge in [0.15, 0.2) is 0 Å². The summed E-state index contributed by atoms with van der Waals surface area (Å²) in [7, 11) is -0.556. The van der Waals surface area contributed by atoms with Crippen LogP contribution in [0, 0.1) is 0 Å². The van der Waals surface area contributed by atoms with Gasteiger partial charge in [-0.1, -0.05) is 74.5 Å². The molecule has 1 aliphatic rings. The van der Waals surface area contributed by atoms with Crippen LogP contribution in [0.25, 0.3) is 6.08 Å². The van der Waals surface area contributed by atoms with E-state index in [4.69, 9.17) is 14.0 Å². The van der Waals surface area contributed by atoms with E-state index in [1.54, 1.807) is 0 Å². The molecule has 2 aromatic rings. The summed E-state index contributed by atoms with van der Waals surface area (Å²) in [4.78, 5) is 12.3. The topological polar surface area (TPSA) is 56.8 Å². The minimum Gasteiger partial charge on any atom is -0.445 e. The maximum Gasteiger partial charge on any atom is 0.492 e. The maximum absolute atomic E-state index is 12.3. The van der Waals surface area contributed by atoms with E-state index >= 15 is 0 Å². The highest BCUT2D eigenvalue weighted by Crippen LogP contribution is 2.38. The minimum atomic E-state index is -0.556. The Morgan fingerprint density at radius 2 is 1.59 bits per heavy atom. The Morgan fingerprint density at radius 1 is 1.00 bits per heavy atom. The molecule has 0 aromatic heterocycles. The average Bonchev–Trinajstić information content (AvgIpc) is 2.97. The van der Waals surface area contributed by atoms with Crippen LogP contribution in [0.3, 0.4) is 0 Å². The number of carbonyl (C=O) groups is 1. The molecule has 5 nitrogen and oxygen atoms in total. The first-order chi connectivity index (χ1) is 15.1. The number of benzene rings is 2. The third kappa shape index (κ3) is 6.02. The van der Waals surface area contributed by atoms with E-state index < -0.39 is 24.4 Å². The Morgan fingerprint density at radius 3 is 2.16 bits per heavy atom. The summed E-state index contributed by atoms with van der Waals surface area (Å²) in [5, 5.41) is 2.85. The molecule has 1 saturated heterocycles. The zero-order valence-electron chi connectivity index (χ0n) is 20.0. The van der Waals surface area contributed by atoms with Gasteiger partial charge in [0.25, 0.3) is 0 Å². The molecule has 1 fully saturated rings. The number of alkyl carbamates (subject to hydrolysis) is 1. The molecule has 0 unspecified atom stereocenters. The van der Waals surface area contributed by atoms with Crippen LogP contribution in [0.15, 0.2) is 60.1 Å². The lowest BCUT2D eigenvalue weighted by Crippen LogP contribution is -2.41. The van der Waals surface area contributed by atoms with E-state index in [-0.39, 0.29) is 13.2 Å². The van der Waals surface area contributed by atoms with E-state index in [2.05, 4.69) is 43.4 Å². The van der Waals surface area contributed by atoms with Crippen LogP contribution >= 0.6 is 0 Å². The smallest absolute Gasteiger partial charge is 0.445 e. The number of carbonyl (C=O) groups excluding carboxylic acids is 1. The lowest BCUT2D eigenvalue weighted by molar-refractivity contribution is 0.00578. The SMILES string of the molecule is CC(C)c1ccc(C=C(CNC(=O)OCc2ccccc2)B2OC(C)(C)C(C)(C)O2)cc1. The second-order valence-corrected chi connectivity index (χ2v) is 9.54. The first kappa shape index (κ1) is 24.1. The first-order valence-electron chi connectivity index (χ1n) is 11.2. The normalized spacial score (nSPS) is 17.5. The fourth-order valence-corrected chi connectivity index (χ4v) is 3.34. The van der Waals surface area contributed by atoms with E-state index in [9.17, 15) is 4.79 Å². The first-order valence-corrected chi connectivity index (χ1v) is 11.2. The Labute approximate surface area is 192 Å². The van der Waals surface area contributed by atoms with Crippen LogP contribution in [0.1, 0.15) is 64.2 Å². The molecular weight excluding hydrogens is 401 g/mol. The molecule has 3 rings (SSSR count). The highest BCUT2D eigenvalue weighted by molar-refractivity contribution is 6.56. The summed E-state index contributed by atoms with van der Waals surface area (Å²) >= 11 is 0. The van der Waals surface area contributed by atoms with Crippen molar-refractivity contribution in [3.63, 3.8) is 0 Å². The predicted molar refractivity (Wildman–Crippen MR) is 129 cm³/mol. The summed E-state index contributed by atoms with van der Waals surface area (Å²) in [6, 6.07) is 18.0. The molecule has 1 aliphatic heterocycles. The number of ether oxygens (including phenoxy) is 1. The number of rotatable bonds is 7. The van der Waals surface area contributed by atoms with E-state index in [1.807, 2.05) is 64.1 Å². The quantitative estimate of drug-likeness (QED) is 0.563. The van der Waals surface area contributed by atoms with Gasteiger partial charge in [-0.3, -0.25) is 0 Å². The molecule has 0 aliphatic carbocycles. The van der Waals surface area contributed by atoms with Crippen LogP contribution in [-0.4, -0.2) is 31.0 Å². The summed E-state index contributed by atoms with van der Waals surface area (Å²) in [5.41, 5.74) is 3.14. The number of hydrogen-bond donors (Lipinski definition) is 1. The van der Waals surface area contributed by atoms with E-state index in [1.165, 1.54) is 5.56 Å². The van der Waals surface area contributed by atoms with Crippen LogP contribution in [0.4, 0.5) is 4.79 Å². The fraction of sp³-hybridized carbons (Fsp3) is 0.423. The van der Waals surface area contributed by atoms with Crippen LogP contribution in [0.5, 0.6) is 0 Å². The van der Waals surface area contributed by atoms with Crippen molar-refractivity contribution in [3.05, 3.63) is 76.8 Å². The molecule has 0 saturated carbocycles. The van der Waals surface area contributed by atoms with Crippen LogP contribution in [0.2, 0.25) is 0 Å². The monoisotopic (exact) mass is 435 g/mol. The van der Waals surface area contributed by atoms with Gasteiger partial charge in [-0.2, -0.15) is 0 Å². The van der Waals surface area contributed by atoms with Crippen molar-refractivity contribution in [1.82, 2.24) is 5.32 Å². The van der Waals surface area contributed by atoms with Crippen LogP contribution in [-0.2, 0) is 20.7 Å². The van der Waals surface area contributed by atoms with Gasteiger partial charge in [0, 0.05) is 6.54 Å². The standard InChI is InChI=1S/C26H34BNO4/c1-19(2)22-14-12-20(13-15-22)16-23(27-31-25(3,4)26(5,6)32-27)17-28-24(29)30-18-21-10-8-7-9-11-21/h7-16,19H,17-18H2,1-6H3,(H,28,29). The largest absolute Gasteiger partial charge is 0.492 e. The molecule has 0 bridgehead atoms. The summed E-state index contributed by atoms with van der Waals surface area (Å²) in [5.74, 6) is 0.469. The lowest BCUT2D eigenvalue weighted by atomic mass is 9.77. The Balaban J connectivity index is 1.72. The Kier molecular flexibility index (Phi) is 7.47. The second-order valence-electron chi connectivity index (χ2n) is 9.54. The molecule has 0 atom stereocenters. The Bertz CT molecular complexity index is 920. The fourth-order valence-electron chi connectivity index (χ4n) is 3.34. The molecule has 1 heterocycles. The van der Waals surface area contributed by atoms with Crippen molar-refractivity contribution in [2.24, 2.45) is 0 Å². The predicted octanol–water partition coefficient (Wildman–Crippen LogP) is 5.75. The summed E-state index contributed by atoms with van der Waals surface area (Å²) in [6.07, 6.45) is 1.54. The van der Waals surface area contributed by atoms with Crippen LogP contribution < -0.4 is 5.32 Å². The van der Waals surface area contributed by atoms with E-state index in [0.717, 1.165) is 16.6 Å². The van der Waals surface area contributed by atoms with Gasteiger partial charge in [-0.05, 0) is 55.8 Å². The van der Waals surface area contributed by atoms with Gasteiger partial charge >= 0.3 is 13.2 Å². The number of nitrogens with one attached hydrogen (secondary N) is 1. The van der Waals surface area contributed by atoms with Crippen molar-refractivity contribution in [2.75, 3.05) is 6.54 Å². The van der Waals surface area contributed by atoms with E-state index in [0.29, 0.717) is 5.92 Å². The van der Waals surface area contributed by atoms with Crippen molar-refractivity contribution in [1.29, 1.82) is 0 Å². The van der Waals surface area contributed by atoms with Gasteiger partial charge < -0.3 is 19.4 Å².